The topological polar surface area (TPSA) is 86.8 Å². The molecule has 0 saturated carbocycles. The largest absolute Gasteiger partial charge is 0.354 e. The van der Waals surface area contributed by atoms with Gasteiger partial charge >= 0.3 is 0 Å². The Bertz CT molecular complexity index is 606. The molecule has 6 heteroatoms. The van der Waals surface area contributed by atoms with Crippen molar-refractivity contribution in [1.29, 1.82) is 5.26 Å². The Balaban J connectivity index is 2.34. The van der Waals surface area contributed by atoms with Gasteiger partial charge in [0.25, 0.3) is 0 Å². The summed E-state index contributed by atoms with van der Waals surface area (Å²) in [5.41, 5.74) is 3.42. The van der Waals surface area contributed by atoms with Gasteiger partial charge < -0.3 is 10.7 Å². The van der Waals surface area contributed by atoms with Crippen molar-refractivity contribution in [3.63, 3.8) is 0 Å². The molecular weight excluding hydrogens is 233 g/mol. The summed E-state index contributed by atoms with van der Waals surface area (Å²) >= 11 is 0. The van der Waals surface area contributed by atoms with Crippen LogP contribution in [0.3, 0.4) is 0 Å². The van der Waals surface area contributed by atoms with Crippen molar-refractivity contribution in [2.45, 2.75) is 0 Å². The van der Waals surface area contributed by atoms with Gasteiger partial charge in [-0.3, -0.25) is 0 Å². The number of halogens is 1. The lowest BCUT2D eigenvalue weighted by Gasteiger charge is -2.09. The molecule has 2 rings (SSSR count). The van der Waals surface area contributed by atoms with Gasteiger partial charge in [-0.05, 0) is 18.2 Å². The predicted molar refractivity (Wildman–Crippen MR) is 66.4 cm³/mol. The zero-order chi connectivity index (χ0) is 13.0. The highest BCUT2D eigenvalue weighted by Gasteiger charge is 2.07. The van der Waals surface area contributed by atoms with E-state index in [1.807, 2.05) is 6.07 Å². The van der Waals surface area contributed by atoms with Crippen molar-refractivity contribution in [1.82, 2.24) is 4.98 Å². The number of nitrogens with zero attached hydrogens (tertiary/aromatic N) is 2. The first kappa shape index (κ1) is 11.8. The second-order valence-electron chi connectivity index (χ2n) is 3.47. The Morgan fingerprint density at radius 3 is 2.89 bits per heavy atom. The van der Waals surface area contributed by atoms with E-state index < -0.39 is 5.82 Å². The molecule has 0 saturated heterocycles. The summed E-state index contributed by atoms with van der Waals surface area (Å²) in [6, 6.07) is 9.54. The van der Waals surface area contributed by atoms with Crippen LogP contribution in [-0.2, 0) is 0 Å². The van der Waals surface area contributed by atoms with Crippen molar-refractivity contribution in [3.8, 4) is 6.07 Å². The summed E-state index contributed by atoms with van der Waals surface area (Å²) in [4.78, 5) is 3.94. The van der Waals surface area contributed by atoms with Crippen molar-refractivity contribution in [3.05, 3.63) is 47.9 Å². The van der Waals surface area contributed by atoms with Gasteiger partial charge in [0.05, 0.1) is 5.69 Å². The smallest absolute Gasteiger partial charge is 0.143 e. The maximum Gasteiger partial charge on any atom is 0.143 e. The summed E-state index contributed by atoms with van der Waals surface area (Å²) < 4.78 is 13.4. The fraction of sp³-hybridized carbons (Fsp3) is 0. The van der Waals surface area contributed by atoms with E-state index in [9.17, 15) is 4.39 Å². The van der Waals surface area contributed by atoms with Gasteiger partial charge in [-0.1, -0.05) is 6.07 Å². The fourth-order valence-electron chi connectivity index (χ4n) is 1.48. The number of nitriles is 1. The van der Waals surface area contributed by atoms with E-state index in [-0.39, 0.29) is 5.56 Å². The third kappa shape index (κ3) is 2.36. The van der Waals surface area contributed by atoms with Crippen molar-refractivity contribution in [2.24, 2.45) is 5.84 Å². The van der Waals surface area contributed by atoms with Gasteiger partial charge in [0.2, 0.25) is 0 Å². The number of nitrogens with one attached hydrogen (secondary N) is 2. The summed E-state index contributed by atoms with van der Waals surface area (Å²) in [6.45, 7) is 0. The lowest BCUT2D eigenvalue weighted by Crippen LogP contribution is -2.08. The van der Waals surface area contributed by atoms with Crippen LogP contribution in [-0.4, -0.2) is 4.98 Å². The van der Waals surface area contributed by atoms with Crippen LogP contribution in [0.4, 0.5) is 21.6 Å². The van der Waals surface area contributed by atoms with E-state index in [2.05, 4.69) is 15.7 Å². The summed E-state index contributed by atoms with van der Waals surface area (Å²) in [6.07, 6.45) is 1.54. The molecule has 0 unspecified atom stereocenters. The Morgan fingerprint density at radius 1 is 1.33 bits per heavy atom. The second-order valence-corrected chi connectivity index (χ2v) is 3.47. The predicted octanol–water partition coefficient (Wildman–Crippen LogP) is 2.12. The van der Waals surface area contributed by atoms with Crippen molar-refractivity contribution in [2.75, 3.05) is 10.7 Å². The van der Waals surface area contributed by atoms with E-state index in [0.717, 1.165) is 0 Å². The minimum absolute atomic E-state index is 0.0310. The lowest BCUT2D eigenvalue weighted by molar-refractivity contribution is 0.624. The summed E-state index contributed by atoms with van der Waals surface area (Å²) in [5.74, 6) is 5.15. The fourth-order valence-corrected chi connectivity index (χ4v) is 1.48. The number of nitrogen functional groups attached to an aromatic ring is 1. The van der Waals surface area contributed by atoms with Gasteiger partial charge in [-0.15, -0.1) is 0 Å². The number of hydrazine groups is 1. The van der Waals surface area contributed by atoms with Crippen LogP contribution in [0.5, 0.6) is 0 Å². The molecule has 0 radical (unpaired) electrons. The number of aromatic nitrogens is 1. The number of rotatable bonds is 3. The van der Waals surface area contributed by atoms with Crippen LogP contribution in [0.2, 0.25) is 0 Å². The van der Waals surface area contributed by atoms with Crippen molar-refractivity contribution < 1.29 is 4.39 Å². The van der Waals surface area contributed by atoms with Crippen molar-refractivity contribution >= 4 is 17.2 Å². The van der Waals surface area contributed by atoms with Crippen LogP contribution < -0.4 is 16.6 Å². The molecule has 0 fully saturated rings. The molecule has 5 nitrogen and oxygen atoms in total. The molecule has 18 heavy (non-hydrogen) atoms. The van der Waals surface area contributed by atoms with Crippen LogP contribution in [0, 0.1) is 17.1 Å². The molecule has 0 aliphatic rings. The lowest BCUT2D eigenvalue weighted by atomic mass is 10.2. The average molecular weight is 243 g/mol. The Kier molecular flexibility index (Phi) is 3.36. The SMILES string of the molecule is N#Cc1c(F)cccc1Nc1ccnc(NN)c1. The molecule has 0 bridgehead atoms. The number of nitrogens with two attached hydrogens (primary N) is 1. The second kappa shape index (κ2) is 5.12. The number of benzene rings is 1. The van der Waals surface area contributed by atoms with E-state index in [1.165, 1.54) is 12.1 Å². The van der Waals surface area contributed by atoms with Gasteiger partial charge in [-0.25, -0.2) is 15.2 Å². The molecule has 0 amide bonds. The van der Waals surface area contributed by atoms with E-state index in [4.69, 9.17) is 11.1 Å². The molecule has 0 atom stereocenters. The molecule has 0 spiro atoms. The van der Waals surface area contributed by atoms with Crippen LogP contribution >= 0.6 is 0 Å². The summed E-state index contributed by atoms with van der Waals surface area (Å²) in [7, 11) is 0. The highest BCUT2D eigenvalue weighted by atomic mass is 19.1. The number of hydrogen-bond donors (Lipinski definition) is 3. The van der Waals surface area contributed by atoms with Crippen LogP contribution in [0.25, 0.3) is 0 Å². The Hall–Kier alpha value is -2.65. The van der Waals surface area contributed by atoms with Gasteiger partial charge in [0.1, 0.15) is 23.3 Å². The minimum Gasteiger partial charge on any atom is -0.354 e. The molecule has 2 aromatic rings. The van der Waals surface area contributed by atoms with E-state index in [0.29, 0.717) is 17.2 Å². The first-order valence-electron chi connectivity index (χ1n) is 5.13. The zero-order valence-corrected chi connectivity index (χ0v) is 9.31. The minimum atomic E-state index is -0.561. The Labute approximate surface area is 103 Å². The molecule has 4 N–H and O–H groups in total. The first-order chi connectivity index (χ1) is 8.74. The zero-order valence-electron chi connectivity index (χ0n) is 9.31. The monoisotopic (exact) mass is 243 g/mol. The Morgan fingerprint density at radius 2 is 2.17 bits per heavy atom. The third-order valence-electron chi connectivity index (χ3n) is 2.31. The quantitative estimate of drug-likeness (QED) is 0.567. The number of anilines is 3. The average Bonchev–Trinajstić information content (AvgIpc) is 2.39. The van der Waals surface area contributed by atoms with Crippen LogP contribution in [0.1, 0.15) is 5.56 Å². The number of hydrogen-bond acceptors (Lipinski definition) is 5. The maximum absolute atomic E-state index is 13.4. The normalized spacial score (nSPS) is 9.61. The molecule has 1 heterocycles. The first-order valence-corrected chi connectivity index (χ1v) is 5.13. The number of pyridine rings is 1. The molecule has 90 valence electrons. The molecule has 1 aromatic carbocycles. The highest BCUT2D eigenvalue weighted by molar-refractivity contribution is 5.68. The van der Waals surface area contributed by atoms with Crippen LogP contribution in [0.15, 0.2) is 36.5 Å². The summed E-state index contributed by atoms with van der Waals surface area (Å²) in [5, 5.41) is 11.8. The molecular formula is C12H10FN5. The standard InChI is InChI=1S/C12H10FN5/c13-10-2-1-3-11(9(10)7-14)17-8-4-5-16-12(6-8)18-15/h1-6H,15H2,(H2,16,17,18). The molecule has 1 aromatic heterocycles. The van der Waals surface area contributed by atoms with Gasteiger partial charge in [0.15, 0.2) is 0 Å². The van der Waals surface area contributed by atoms with E-state index in [1.54, 1.807) is 24.4 Å². The third-order valence-corrected chi connectivity index (χ3v) is 2.31. The molecule has 0 aliphatic carbocycles. The highest BCUT2D eigenvalue weighted by Crippen LogP contribution is 2.23. The van der Waals surface area contributed by atoms with Gasteiger partial charge in [0, 0.05) is 18.0 Å². The maximum atomic E-state index is 13.4. The van der Waals surface area contributed by atoms with Gasteiger partial charge in [-0.2, -0.15) is 5.26 Å². The molecule has 0 aliphatic heterocycles. The van der Waals surface area contributed by atoms with E-state index >= 15 is 0 Å².